The van der Waals surface area contributed by atoms with Crippen LogP contribution in [0, 0.1) is 17.8 Å². The van der Waals surface area contributed by atoms with E-state index in [-0.39, 0.29) is 60.5 Å². The van der Waals surface area contributed by atoms with E-state index in [2.05, 4.69) is 35.9 Å². The Morgan fingerprint density at radius 2 is 1.68 bits per heavy atom. The zero-order chi connectivity index (χ0) is 38.4. The van der Waals surface area contributed by atoms with Gasteiger partial charge in [0.1, 0.15) is 0 Å². The lowest BCUT2D eigenvalue weighted by molar-refractivity contribution is -0.145. The van der Waals surface area contributed by atoms with Crippen molar-refractivity contribution in [2.75, 3.05) is 55.1 Å². The Morgan fingerprint density at radius 3 is 2.18 bits per heavy atom. The molecular weight excluding hydrogens is 659 g/mol. The van der Waals surface area contributed by atoms with Crippen molar-refractivity contribution in [2.24, 2.45) is 17.8 Å². The minimum Gasteiger partial charge on any atom is -0.400 e. The van der Waals surface area contributed by atoms with E-state index < -0.39 is 24.2 Å². The van der Waals surface area contributed by atoms with Crippen molar-refractivity contribution in [3.63, 3.8) is 0 Å². The second-order valence-electron chi connectivity index (χ2n) is 13.2. The lowest BCUT2D eigenvalue weighted by Gasteiger charge is -2.39. The monoisotopic (exact) mass is 727 g/mol. The molecule has 0 radical (unpaired) electrons. The first kappa shape index (κ1) is 47.4. The fraction of sp³-hybridized carbons (Fsp3) is 0.784. The van der Waals surface area contributed by atoms with Crippen LogP contribution >= 0.6 is 11.3 Å². The maximum Gasteiger partial charge on any atom is 0.242 e. The predicted molar refractivity (Wildman–Crippen MR) is 202 cm³/mol. The van der Waals surface area contributed by atoms with E-state index in [0.29, 0.717) is 13.1 Å². The molecule has 4 amide bonds. The smallest absolute Gasteiger partial charge is 0.242 e. The van der Waals surface area contributed by atoms with Gasteiger partial charge in [0, 0.05) is 46.3 Å². The van der Waals surface area contributed by atoms with Crippen LogP contribution in [0.1, 0.15) is 85.4 Å². The van der Waals surface area contributed by atoms with Crippen molar-refractivity contribution in [1.29, 1.82) is 0 Å². The van der Waals surface area contributed by atoms with Crippen LogP contribution in [0.2, 0.25) is 0 Å². The molecule has 0 bridgehead atoms. The third-order valence-electron chi connectivity index (χ3n) is 9.23. The molecule has 1 saturated heterocycles. The van der Waals surface area contributed by atoms with Crippen LogP contribution < -0.4 is 16.0 Å². The maximum absolute atomic E-state index is 13.9. The zero-order valence-corrected chi connectivity index (χ0v) is 33.7. The van der Waals surface area contributed by atoms with Crippen molar-refractivity contribution in [3.05, 3.63) is 22.4 Å². The lowest BCUT2D eigenvalue weighted by atomic mass is 9.90. The summed E-state index contributed by atoms with van der Waals surface area (Å²) in [5, 5.41) is 17.8. The molecule has 0 aliphatic carbocycles. The molecule has 50 heavy (non-hydrogen) atoms. The van der Waals surface area contributed by atoms with Gasteiger partial charge in [-0.15, -0.1) is 11.3 Å². The van der Waals surface area contributed by atoms with E-state index >= 15 is 0 Å². The number of aliphatic hydroxyl groups is 1. The normalized spacial score (nSPS) is 17.6. The summed E-state index contributed by atoms with van der Waals surface area (Å²) in [7, 11) is 7.59. The molecule has 13 heteroatoms. The Balaban J connectivity index is 0.00000454. The minimum absolute atomic E-state index is 0.0344. The van der Waals surface area contributed by atoms with Gasteiger partial charge in [-0.3, -0.25) is 19.2 Å². The number of nitrogens with one attached hydrogen (secondary N) is 3. The predicted octanol–water partition coefficient (Wildman–Crippen LogP) is 3.71. The standard InChI is InChI=1S/C33H57N5O6S.C3H8.CH4O/c1-10-22(4)30(37(7)28(40)20-36-33(42)29(34-6)21(2)3)26(43-8)19-27(39)38-17-11-14-25(38)31(44-9)23(5)32(41)35-16-15-24-13-12-18-45-24;1-3-2;1-2/h12-13,18,21-23,25-26,29-31,34H,10-11,14-17,19-20H2,1-9H3,(H,35,41)(H,36,42);3H2,1-2H3;2H,1H3/t22-,23?,25?,26?,29?,30?,31?;;/m0../s1. The van der Waals surface area contributed by atoms with E-state index in [0.717, 1.165) is 32.8 Å². The molecule has 2 heterocycles. The van der Waals surface area contributed by atoms with Crippen LogP contribution in [0.15, 0.2) is 17.5 Å². The van der Waals surface area contributed by atoms with Gasteiger partial charge < -0.3 is 40.3 Å². The highest BCUT2D eigenvalue weighted by molar-refractivity contribution is 7.09. The van der Waals surface area contributed by atoms with E-state index in [1.807, 2.05) is 51.0 Å². The van der Waals surface area contributed by atoms with Gasteiger partial charge in [-0.05, 0) is 49.6 Å². The second-order valence-corrected chi connectivity index (χ2v) is 14.2. The highest BCUT2D eigenvalue weighted by Gasteiger charge is 2.42. The summed E-state index contributed by atoms with van der Waals surface area (Å²) in [6.07, 6.45) is 3.43. The molecule has 1 aliphatic heterocycles. The molecule has 1 fully saturated rings. The van der Waals surface area contributed by atoms with Crippen LogP contribution in [-0.2, 0) is 35.1 Å². The Bertz CT molecular complexity index is 1090. The summed E-state index contributed by atoms with van der Waals surface area (Å²) in [5.74, 6) is -1.00. The molecule has 1 aromatic rings. The summed E-state index contributed by atoms with van der Waals surface area (Å²) in [4.78, 5) is 57.5. The fourth-order valence-corrected chi connectivity index (χ4v) is 7.12. The van der Waals surface area contributed by atoms with Crippen molar-refractivity contribution in [3.8, 4) is 0 Å². The van der Waals surface area contributed by atoms with E-state index in [9.17, 15) is 19.2 Å². The first-order chi connectivity index (χ1) is 23.8. The summed E-state index contributed by atoms with van der Waals surface area (Å²) in [6, 6.07) is 3.03. The van der Waals surface area contributed by atoms with Gasteiger partial charge in [-0.25, -0.2) is 0 Å². The highest BCUT2D eigenvalue weighted by Crippen LogP contribution is 2.29. The van der Waals surface area contributed by atoms with E-state index in [1.165, 1.54) is 11.3 Å². The van der Waals surface area contributed by atoms with Crippen LogP contribution in [-0.4, -0.2) is 124 Å². The maximum atomic E-state index is 13.9. The van der Waals surface area contributed by atoms with Gasteiger partial charge in [0.25, 0.3) is 0 Å². The van der Waals surface area contributed by atoms with E-state index in [1.54, 1.807) is 44.6 Å². The minimum atomic E-state index is -0.557. The SMILES string of the molecule is CCC.CC[C@H](C)C(C(CC(=O)N1CCCC1C(OC)C(C)C(=O)NCCc1cccs1)OC)N(C)C(=O)CNC(=O)C(NC)C(C)C.CO. The quantitative estimate of drug-likeness (QED) is 0.169. The number of amides is 4. The van der Waals surface area contributed by atoms with Gasteiger partial charge in [0.2, 0.25) is 23.6 Å². The molecule has 7 atom stereocenters. The number of carbonyl (C=O) groups excluding carboxylic acids is 4. The number of carbonyl (C=O) groups is 4. The molecule has 0 spiro atoms. The molecule has 2 rings (SSSR count). The molecule has 1 aromatic heterocycles. The number of rotatable bonds is 19. The molecular formula is C37H69N5O7S. The summed E-state index contributed by atoms with van der Waals surface area (Å²) < 4.78 is 11.8. The largest absolute Gasteiger partial charge is 0.400 e. The van der Waals surface area contributed by atoms with Crippen LogP contribution in [0.3, 0.4) is 0 Å². The number of nitrogens with zero attached hydrogens (tertiary/aromatic N) is 2. The average molecular weight is 728 g/mol. The average Bonchev–Trinajstić information content (AvgIpc) is 3.81. The highest BCUT2D eigenvalue weighted by atomic mass is 32.1. The zero-order valence-electron chi connectivity index (χ0n) is 32.9. The van der Waals surface area contributed by atoms with Crippen LogP contribution in [0.4, 0.5) is 0 Å². The number of thiophene rings is 1. The number of hydrogen-bond donors (Lipinski definition) is 4. The van der Waals surface area contributed by atoms with Gasteiger partial charge in [-0.2, -0.15) is 0 Å². The molecule has 6 unspecified atom stereocenters. The van der Waals surface area contributed by atoms with Crippen LogP contribution in [0.5, 0.6) is 0 Å². The number of likely N-dealkylation sites (tertiary alicyclic amines) is 1. The summed E-state index contributed by atoms with van der Waals surface area (Å²) >= 11 is 1.67. The second kappa shape index (κ2) is 26.2. The number of ether oxygens (including phenoxy) is 2. The Labute approximate surface area is 306 Å². The van der Waals surface area contributed by atoms with Gasteiger partial charge in [0.15, 0.2) is 0 Å². The third-order valence-corrected chi connectivity index (χ3v) is 10.2. The van der Waals surface area contributed by atoms with Crippen molar-refractivity contribution < 1.29 is 33.8 Å². The first-order valence-electron chi connectivity index (χ1n) is 18.1. The molecule has 12 nitrogen and oxygen atoms in total. The summed E-state index contributed by atoms with van der Waals surface area (Å²) in [5.41, 5.74) is 0. The topological polar surface area (TPSA) is 150 Å². The Kier molecular flexibility index (Phi) is 24.9. The lowest BCUT2D eigenvalue weighted by Crippen LogP contribution is -2.55. The molecule has 290 valence electrons. The Morgan fingerprint density at radius 1 is 1.04 bits per heavy atom. The molecule has 1 aliphatic rings. The molecule has 0 aromatic carbocycles. The summed E-state index contributed by atoms with van der Waals surface area (Å²) in [6.45, 7) is 15.0. The van der Waals surface area contributed by atoms with Crippen LogP contribution in [0.25, 0.3) is 0 Å². The number of methoxy groups -OCH3 is 2. The van der Waals surface area contributed by atoms with Gasteiger partial charge >= 0.3 is 0 Å². The molecule has 0 saturated carbocycles. The van der Waals surface area contributed by atoms with E-state index in [4.69, 9.17) is 14.6 Å². The molecule has 4 N–H and O–H groups in total. The fourth-order valence-electron chi connectivity index (χ4n) is 6.41. The number of aliphatic hydroxyl groups excluding tert-OH is 1. The van der Waals surface area contributed by atoms with Crippen molar-refractivity contribution in [2.45, 2.75) is 117 Å². The van der Waals surface area contributed by atoms with Gasteiger partial charge in [0.05, 0.1) is 49.2 Å². The number of likely N-dealkylation sites (N-methyl/N-ethyl adjacent to an activating group) is 2. The van der Waals surface area contributed by atoms with Crippen molar-refractivity contribution in [1.82, 2.24) is 25.8 Å². The third kappa shape index (κ3) is 15.0. The Hall–Kier alpha value is -2.58. The first-order valence-corrected chi connectivity index (χ1v) is 19.0. The number of hydrogen-bond acceptors (Lipinski definition) is 9. The van der Waals surface area contributed by atoms with Crippen molar-refractivity contribution >= 4 is 35.0 Å². The van der Waals surface area contributed by atoms with Gasteiger partial charge in [-0.1, -0.05) is 67.4 Å².